The lowest BCUT2D eigenvalue weighted by molar-refractivity contribution is -0.581. The summed E-state index contributed by atoms with van der Waals surface area (Å²) < 4.78 is 6.15. The van der Waals surface area contributed by atoms with Gasteiger partial charge in [0.05, 0.1) is 0 Å². The summed E-state index contributed by atoms with van der Waals surface area (Å²) in [6.07, 6.45) is 1.65. The first kappa shape index (κ1) is 24.8. The van der Waals surface area contributed by atoms with Crippen molar-refractivity contribution in [1.29, 1.82) is 0 Å². The first-order valence-corrected chi connectivity index (χ1v) is 16.8. The van der Waals surface area contributed by atoms with Gasteiger partial charge in [0.15, 0.2) is 29.4 Å². The fourth-order valence-corrected chi connectivity index (χ4v) is 11.1. The van der Waals surface area contributed by atoms with E-state index >= 15 is 0 Å². The van der Waals surface area contributed by atoms with Gasteiger partial charge in [-0.2, -0.15) is 0 Å². The Kier molecular flexibility index (Phi) is 4.47. The molecule has 0 bridgehead atoms. The quantitative estimate of drug-likeness (QED) is 0.190. The Morgan fingerprint density at radius 1 is 0.468 bits per heavy atom. The van der Waals surface area contributed by atoms with E-state index < -0.39 is 0 Å². The lowest BCUT2D eigenvalue weighted by atomic mass is 8.96. The Morgan fingerprint density at radius 2 is 0.979 bits per heavy atom. The van der Waals surface area contributed by atoms with Crippen LogP contribution in [-0.4, -0.2) is 19.9 Å². The molecule has 2 aromatic heterocycles. The maximum absolute atomic E-state index is 6.15. The lowest BCUT2D eigenvalue weighted by Crippen LogP contribution is -3.06. The second kappa shape index (κ2) is 8.48. The molecule has 0 spiro atoms. The molecule has 0 atom stereocenters. The normalized spacial score (nSPS) is 29.6. The summed E-state index contributed by atoms with van der Waals surface area (Å²) in [6, 6.07) is 42.1. The Bertz CT molecular complexity index is 2320. The minimum atomic E-state index is 0.431. The van der Waals surface area contributed by atoms with E-state index in [2.05, 4.69) is 60.7 Å². The van der Waals surface area contributed by atoms with Crippen LogP contribution >= 0.6 is 0 Å². The zero-order valence-electron chi connectivity index (χ0n) is 25.4. The summed E-state index contributed by atoms with van der Waals surface area (Å²) in [5.41, 5.74) is 11.2. The second-order valence-electron chi connectivity index (χ2n) is 14.2. The molecule has 0 unspecified atom stereocenters. The molecule has 7 aromatic rings. The van der Waals surface area contributed by atoms with Crippen LogP contribution in [0.4, 0.5) is 0 Å². The third-order valence-electron chi connectivity index (χ3n) is 12.8. The smallest absolute Gasteiger partial charge is 0.182 e. The Morgan fingerprint density at radius 3 is 1.60 bits per heavy atom. The lowest BCUT2D eigenvalue weighted by Gasteiger charge is -3.07. The molecule has 0 radical (unpaired) electrons. The van der Waals surface area contributed by atoms with E-state index in [-0.39, 0.29) is 0 Å². The molecule has 6 aliphatic rings. The maximum atomic E-state index is 6.15. The number of benzene rings is 5. The van der Waals surface area contributed by atoms with Crippen molar-refractivity contribution >= 4 is 11.1 Å². The van der Waals surface area contributed by atoms with E-state index in [9.17, 15) is 0 Å². The summed E-state index contributed by atoms with van der Waals surface area (Å²) in [6.45, 7) is 0. The van der Waals surface area contributed by atoms with Crippen molar-refractivity contribution in [2.45, 2.75) is 5.41 Å². The zero-order valence-corrected chi connectivity index (χ0v) is 25.4. The topological polar surface area (TPSA) is 64.7 Å². The summed E-state index contributed by atoms with van der Waals surface area (Å²) >= 11 is 0. The number of fused-ring (bicyclic) bond motifs is 1. The molecule has 6 aliphatic carbocycles. The summed E-state index contributed by atoms with van der Waals surface area (Å²) in [5.74, 6) is 8.99. The minimum Gasteiger partial charge on any atom is -0.443 e. The number of nitrogens with zero attached hydrogens (tertiary/aromatic N) is 4. The van der Waals surface area contributed by atoms with E-state index in [1.54, 1.807) is 6.39 Å². The number of aromatic nitrogens is 4. The van der Waals surface area contributed by atoms with Gasteiger partial charge >= 0.3 is 0 Å². The molecule has 47 heavy (non-hydrogen) atoms. The van der Waals surface area contributed by atoms with Crippen molar-refractivity contribution < 1.29 is 4.42 Å². The molecule has 5 heteroatoms. The van der Waals surface area contributed by atoms with Gasteiger partial charge in [0.2, 0.25) is 0 Å². The largest absolute Gasteiger partial charge is 0.443 e. The standard InChI is InChI=1S/C42H28N4O/c1-3-9-22(10-4-1)39-44-40(23-11-5-2-6-12-23)46-41(45-39)27-16-8-14-25(20-27)24-13-7-15-26(19-24)28-17-18-29(37-38(28)47-21-43-37)42-34-31-30-32(34)36(42)33(30)35(31)42/h1-21,30-36H. The van der Waals surface area contributed by atoms with Gasteiger partial charge in [-0.15, -0.1) is 0 Å². The van der Waals surface area contributed by atoms with E-state index in [0.717, 1.165) is 91.5 Å². The van der Waals surface area contributed by atoms with Crippen molar-refractivity contribution in [3.8, 4) is 56.4 Å². The van der Waals surface area contributed by atoms with Gasteiger partial charge in [-0.05, 0) is 75.8 Å². The fraction of sp³-hybridized carbons (Fsp3) is 0.190. The zero-order chi connectivity index (χ0) is 30.4. The number of hydrogen-bond donors (Lipinski definition) is 0. The molecule has 222 valence electrons. The van der Waals surface area contributed by atoms with Gasteiger partial charge < -0.3 is 4.42 Å². The molecule has 5 aromatic carbocycles. The van der Waals surface area contributed by atoms with Crippen molar-refractivity contribution in [1.82, 2.24) is 19.9 Å². The van der Waals surface area contributed by atoms with Crippen LogP contribution in [0.5, 0.6) is 0 Å². The van der Waals surface area contributed by atoms with Gasteiger partial charge in [-0.3, -0.25) is 0 Å². The van der Waals surface area contributed by atoms with Crippen LogP contribution in [0.3, 0.4) is 0 Å². The van der Waals surface area contributed by atoms with Crippen molar-refractivity contribution in [3.05, 3.63) is 133 Å². The van der Waals surface area contributed by atoms with Gasteiger partial charge in [0, 0.05) is 27.7 Å². The summed E-state index contributed by atoms with van der Waals surface area (Å²) in [5, 5.41) is 0. The number of oxazole rings is 1. The average Bonchev–Trinajstić information content (AvgIpc) is 3.66. The molecule has 6 fully saturated rings. The van der Waals surface area contributed by atoms with Crippen LogP contribution in [0.1, 0.15) is 5.56 Å². The molecule has 0 N–H and O–H groups in total. The van der Waals surface area contributed by atoms with Gasteiger partial charge in [-0.1, -0.05) is 109 Å². The molecule has 6 saturated carbocycles. The molecule has 2 heterocycles. The summed E-state index contributed by atoms with van der Waals surface area (Å²) in [4.78, 5) is 19.6. The molecule has 0 saturated heterocycles. The molecule has 13 rings (SSSR count). The average molecular weight is 605 g/mol. The highest BCUT2D eigenvalue weighted by Crippen LogP contribution is 3.05. The molecule has 0 amide bonds. The van der Waals surface area contributed by atoms with E-state index in [1.807, 2.05) is 60.7 Å². The highest BCUT2D eigenvalue weighted by atomic mass is 16.3. The third-order valence-corrected chi connectivity index (χ3v) is 12.8. The highest BCUT2D eigenvalue weighted by Gasteiger charge is 3.04. The van der Waals surface area contributed by atoms with Crippen LogP contribution in [0.15, 0.2) is 132 Å². The van der Waals surface area contributed by atoms with Crippen LogP contribution in [-0.2, 0) is 5.41 Å². The number of rotatable bonds is 6. The fourth-order valence-electron chi connectivity index (χ4n) is 11.1. The van der Waals surface area contributed by atoms with Gasteiger partial charge in [-0.25, -0.2) is 19.9 Å². The predicted molar refractivity (Wildman–Crippen MR) is 181 cm³/mol. The number of hydrogen-bond acceptors (Lipinski definition) is 5. The van der Waals surface area contributed by atoms with E-state index in [0.29, 0.717) is 22.9 Å². The minimum absolute atomic E-state index is 0.431. The third kappa shape index (κ3) is 2.85. The Labute approximate surface area is 271 Å². The van der Waals surface area contributed by atoms with Crippen molar-refractivity contribution in [2.75, 3.05) is 0 Å². The molecule has 0 aliphatic heterocycles. The predicted octanol–water partition coefficient (Wildman–Crippen LogP) is 8.97. The van der Waals surface area contributed by atoms with Gasteiger partial charge in [0.25, 0.3) is 0 Å². The highest BCUT2D eigenvalue weighted by molar-refractivity contribution is 5.94. The van der Waals surface area contributed by atoms with Crippen molar-refractivity contribution in [2.24, 2.45) is 41.4 Å². The second-order valence-corrected chi connectivity index (χ2v) is 14.2. The van der Waals surface area contributed by atoms with Gasteiger partial charge in [0.1, 0.15) is 5.52 Å². The Hall–Kier alpha value is -5.42. The first-order chi connectivity index (χ1) is 23.3. The monoisotopic (exact) mass is 604 g/mol. The van der Waals surface area contributed by atoms with Crippen molar-refractivity contribution in [3.63, 3.8) is 0 Å². The first-order valence-electron chi connectivity index (χ1n) is 16.8. The SMILES string of the molecule is c1ccc(-c2nc(-c3ccccc3)nc(-c3cccc(-c4cccc(-c5ccc(C67C8C9C%10C8C6C%10C97)c6ncoc56)c4)c3)n2)cc1. The van der Waals surface area contributed by atoms with Crippen LogP contribution in [0.25, 0.3) is 67.5 Å². The van der Waals surface area contributed by atoms with Crippen LogP contribution < -0.4 is 0 Å². The summed E-state index contributed by atoms with van der Waals surface area (Å²) in [7, 11) is 0. The van der Waals surface area contributed by atoms with Crippen LogP contribution in [0.2, 0.25) is 0 Å². The van der Waals surface area contributed by atoms with E-state index in [1.165, 1.54) is 5.56 Å². The molecule has 5 nitrogen and oxygen atoms in total. The molecular weight excluding hydrogens is 576 g/mol. The van der Waals surface area contributed by atoms with E-state index in [4.69, 9.17) is 24.4 Å². The Balaban J connectivity index is 0.928. The maximum Gasteiger partial charge on any atom is 0.182 e. The van der Waals surface area contributed by atoms with Crippen LogP contribution in [0, 0.1) is 41.4 Å². The molecular formula is C42H28N4O.